The Labute approximate surface area is 129 Å². The summed E-state index contributed by atoms with van der Waals surface area (Å²) in [4.78, 5) is 11.7. The molecule has 4 nitrogen and oxygen atoms in total. The Kier molecular flexibility index (Phi) is 4.57. The second-order valence-corrected chi connectivity index (χ2v) is 8.07. The first-order chi connectivity index (χ1) is 9.66. The first kappa shape index (κ1) is 16.2. The molecule has 0 bridgehead atoms. The lowest BCUT2D eigenvalue weighted by Gasteiger charge is -2.38. The predicted molar refractivity (Wildman–Crippen MR) is 88.6 cm³/mol. The van der Waals surface area contributed by atoms with Gasteiger partial charge >= 0.3 is 0 Å². The van der Waals surface area contributed by atoms with Crippen molar-refractivity contribution in [3.05, 3.63) is 17.5 Å². The van der Waals surface area contributed by atoms with E-state index in [9.17, 15) is 0 Å². The average molecular weight is 290 g/mol. The standard InChI is InChI=1S/C17H30N4/c1-13-14(11-19-16(2,3)4)10-18-15(20-13)21-9-7-8-17(5,6)12-21/h10,19H,7-9,11-12H2,1-6H3. The highest BCUT2D eigenvalue weighted by molar-refractivity contribution is 5.34. The molecule has 0 amide bonds. The molecular weight excluding hydrogens is 260 g/mol. The molecule has 0 unspecified atom stereocenters. The number of hydrogen-bond donors (Lipinski definition) is 1. The van der Waals surface area contributed by atoms with E-state index in [0.29, 0.717) is 5.41 Å². The predicted octanol–water partition coefficient (Wildman–Crippen LogP) is 3.30. The third-order valence-electron chi connectivity index (χ3n) is 4.06. The van der Waals surface area contributed by atoms with E-state index in [1.807, 2.05) is 6.20 Å². The second-order valence-electron chi connectivity index (χ2n) is 8.07. The van der Waals surface area contributed by atoms with Crippen LogP contribution < -0.4 is 10.2 Å². The van der Waals surface area contributed by atoms with Crippen LogP contribution in [0.4, 0.5) is 5.95 Å². The summed E-state index contributed by atoms with van der Waals surface area (Å²) in [5.41, 5.74) is 2.74. The van der Waals surface area contributed by atoms with Crippen molar-refractivity contribution in [3.8, 4) is 0 Å². The van der Waals surface area contributed by atoms with Gasteiger partial charge < -0.3 is 10.2 Å². The van der Waals surface area contributed by atoms with Crippen LogP contribution in [-0.2, 0) is 6.54 Å². The Hall–Kier alpha value is -1.16. The molecule has 0 saturated carbocycles. The minimum absolute atomic E-state index is 0.113. The second kappa shape index (κ2) is 5.91. The molecule has 21 heavy (non-hydrogen) atoms. The number of nitrogens with zero attached hydrogens (tertiary/aromatic N) is 3. The largest absolute Gasteiger partial charge is 0.340 e. The Morgan fingerprint density at radius 3 is 2.62 bits per heavy atom. The van der Waals surface area contributed by atoms with Crippen molar-refractivity contribution in [1.82, 2.24) is 15.3 Å². The molecule has 4 heteroatoms. The molecule has 1 aliphatic heterocycles. The Bertz CT molecular complexity index is 488. The Morgan fingerprint density at radius 1 is 1.33 bits per heavy atom. The van der Waals surface area contributed by atoms with Gasteiger partial charge in [-0.15, -0.1) is 0 Å². The van der Waals surface area contributed by atoms with Gasteiger partial charge in [-0.2, -0.15) is 0 Å². The lowest BCUT2D eigenvalue weighted by molar-refractivity contribution is 0.291. The molecule has 1 aliphatic rings. The van der Waals surface area contributed by atoms with Gasteiger partial charge in [0.25, 0.3) is 0 Å². The summed E-state index contributed by atoms with van der Waals surface area (Å²) in [7, 11) is 0. The normalized spacial score (nSPS) is 18.9. The van der Waals surface area contributed by atoms with Gasteiger partial charge in [-0.25, -0.2) is 9.97 Å². The van der Waals surface area contributed by atoms with Crippen LogP contribution in [0.15, 0.2) is 6.20 Å². The molecule has 0 aromatic carbocycles. The Morgan fingerprint density at radius 2 is 2.05 bits per heavy atom. The number of hydrogen-bond acceptors (Lipinski definition) is 4. The van der Waals surface area contributed by atoms with Gasteiger partial charge in [0.2, 0.25) is 5.95 Å². The number of aromatic nitrogens is 2. The topological polar surface area (TPSA) is 41.1 Å². The summed E-state index contributed by atoms with van der Waals surface area (Å²) < 4.78 is 0. The van der Waals surface area contributed by atoms with Crippen LogP contribution in [0.3, 0.4) is 0 Å². The van der Waals surface area contributed by atoms with Gasteiger partial charge in [-0.1, -0.05) is 13.8 Å². The van der Waals surface area contributed by atoms with Crippen molar-refractivity contribution >= 4 is 5.95 Å². The molecule has 0 radical (unpaired) electrons. The highest BCUT2D eigenvalue weighted by atomic mass is 15.3. The molecule has 2 rings (SSSR count). The summed E-state index contributed by atoms with van der Waals surface area (Å²) in [5, 5.41) is 3.50. The fraction of sp³-hybridized carbons (Fsp3) is 0.765. The van der Waals surface area contributed by atoms with Crippen molar-refractivity contribution in [2.75, 3.05) is 18.0 Å². The summed E-state index contributed by atoms with van der Waals surface area (Å²) in [6, 6.07) is 0. The van der Waals surface area contributed by atoms with Gasteiger partial charge in [-0.05, 0) is 46.0 Å². The molecule has 1 aromatic rings. The Balaban J connectivity index is 2.08. The van der Waals surface area contributed by atoms with Crippen molar-refractivity contribution < 1.29 is 0 Å². The summed E-state index contributed by atoms with van der Waals surface area (Å²) >= 11 is 0. The van der Waals surface area contributed by atoms with Crippen molar-refractivity contribution in [3.63, 3.8) is 0 Å². The first-order valence-corrected chi connectivity index (χ1v) is 7.99. The maximum absolute atomic E-state index is 4.74. The van der Waals surface area contributed by atoms with E-state index >= 15 is 0 Å². The molecule has 2 heterocycles. The molecule has 1 N–H and O–H groups in total. The molecule has 1 fully saturated rings. The van der Waals surface area contributed by atoms with E-state index in [1.165, 1.54) is 18.4 Å². The lowest BCUT2D eigenvalue weighted by atomic mass is 9.84. The molecule has 0 spiro atoms. The molecule has 118 valence electrons. The van der Waals surface area contributed by atoms with Crippen LogP contribution in [0.2, 0.25) is 0 Å². The van der Waals surface area contributed by atoms with E-state index in [2.05, 4.69) is 56.7 Å². The number of piperidine rings is 1. The van der Waals surface area contributed by atoms with Crippen LogP contribution in [0.1, 0.15) is 58.7 Å². The van der Waals surface area contributed by atoms with E-state index in [-0.39, 0.29) is 5.54 Å². The highest BCUT2D eigenvalue weighted by Gasteiger charge is 2.27. The highest BCUT2D eigenvalue weighted by Crippen LogP contribution is 2.30. The van der Waals surface area contributed by atoms with E-state index in [1.54, 1.807) is 0 Å². The van der Waals surface area contributed by atoms with Crippen LogP contribution >= 0.6 is 0 Å². The van der Waals surface area contributed by atoms with E-state index in [0.717, 1.165) is 31.3 Å². The number of aryl methyl sites for hydroxylation is 1. The van der Waals surface area contributed by atoms with Gasteiger partial charge in [0.15, 0.2) is 0 Å². The lowest BCUT2D eigenvalue weighted by Crippen LogP contribution is -2.41. The molecular formula is C17H30N4. The van der Waals surface area contributed by atoms with Crippen molar-refractivity contribution in [2.45, 2.75) is 66.5 Å². The summed E-state index contributed by atoms with van der Waals surface area (Å²) in [6.45, 7) is 16.2. The number of rotatable bonds is 3. The molecule has 1 saturated heterocycles. The van der Waals surface area contributed by atoms with E-state index < -0.39 is 0 Å². The monoisotopic (exact) mass is 290 g/mol. The zero-order valence-corrected chi connectivity index (χ0v) is 14.5. The molecule has 0 aliphatic carbocycles. The third kappa shape index (κ3) is 4.67. The van der Waals surface area contributed by atoms with Gasteiger partial charge in [0, 0.05) is 42.6 Å². The maximum atomic E-state index is 4.74. The van der Waals surface area contributed by atoms with Crippen LogP contribution in [0.25, 0.3) is 0 Å². The molecule has 0 atom stereocenters. The van der Waals surface area contributed by atoms with Gasteiger partial charge in [-0.3, -0.25) is 0 Å². The van der Waals surface area contributed by atoms with Crippen molar-refractivity contribution in [1.29, 1.82) is 0 Å². The fourth-order valence-electron chi connectivity index (χ4n) is 2.76. The fourth-order valence-corrected chi connectivity index (χ4v) is 2.76. The third-order valence-corrected chi connectivity index (χ3v) is 4.06. The van der Waals surface area contributed by atoms with Crippen LogP contribution in [0, 0.1) is 12.3 Å². The minimum atomic E-state index is 0.113. The summed E-state index contributed by atoms with van der Waals surface area (Å²) in [5.74, 6) is 0.889. The first-order valence-electron chi connectivity index (χ1n) is 7.99. The number of anilines is 1. The number of nitrogens with one attached hydrogen (secondary N) is 1. The zero-order valence-electron chi connectivity index (χ0n) is 14.5. The van der Waals surface area contributed by atoms with Gasteiger partial charge in [0.1, 0.15) is 0 Å². The SMILES string of the molecule is Cc1nc(N2CCCC(C)(C)C2)ncc1CNC(C)(C)C. The van der Waals surface area contributed by atoms with Crippen LogP contribution in [-0.4, -0.2) is 28.6 Å². The van der Waals surface area contributed by atoms with Crippen LogP contribution in [0.5, 0.6) is 0 Å². The quantitative estimate of drug-likeness (QED) is 0.927. The maximum Gasteiger partial charge on any atom is 0.225 e. The molecule has 1 aromatic heterocycles. The van der Waals surface area contributed by atoms with Gasteiger partial charge in [0.05, 0.1) is 0 Å². The van der Waals surface area contributed by atoms with Crippen molar-refractivity contribution in [2.24, 2.45) is 5.41 Å². The van der Waals surface area contributed by atoms with E-state index in [4.69, 9.17) is 4.98 Å². The minimum Gasteiger partial charge on any atom is -0.340 e. The smallest absolute Gasteiger partial charge is 0.225 e. The average Bonchev–Trinajstić information content (AvgIpc) is 2.35. The summed E-state index contributed by atoms with van der Waals surface area (Å²) in [6.07, 6.45) is 4.50. The zero-order chi connectivity index (χ0) is 15.7.